The molecule has 0 bridgehead atoms. The molecule has 0 amide bonds. The Balaban J connectivity index is 0.00000115. The van der Waals surface area contributed by atoms with Crippen LogP contribution in [0, 0.1) is 0 Å². The van der Waals surface area contributed by atoms with Crippen molar-refractivity contribution in [2.45, 2.75) is 0 Å². The molecule has 0 saturated heterocycles. The number of benzene rings is 1. The van der Waals surface area contributed by atoms with E-state index in [1.165, 1.54) is 91.8 Å². The number of hydrogen-bond donors (Lipinski definition) is 0. The Bertz CT molecular complexity index is 1130. The van der Waals surface area contributed by atoms with Crippen molar-refractivity contribution in [1.82, 2.24) is 15.0 Å². The van der Waals surface area contributed by atoms with Gasteiger partial charge in [-0.3, -0.25) is 15.0 Å². The van der Waals surface area contributed by atoms with E-state index in [2.05, 4.69) is 40.5 Å². The Morgan fingerprint density at radius 1 is 0.486 bits per heavy atom. The SMILES string of the molecule is O=C(Oc1cc(OC(=O)c2ccncc2)cc(OC(=O)c2ccncc2)c1)c1ccncc1.[Cu][I].[Cu][I]. The summed E-state index contributed by atoms with van der Waals surface area (Å²) in [5.74, 6) is -1.97. The van der Waals surface area contributed by atoms with Gasteiger partial charge in [-0.15, -0.1) is 0 Å². The van der Waals surface area contributed by atoms with Crippen LogP contribution in [-0.4, -0.2) is 32.9 Å². The first-order chi connectivity index (χ1) is 18.1. The van der Waals surface area contributed by atoms with Gasteiger partial charge in [0.25, 0.3) is 0 Å². The minimum absolute atomic E-state index is 0.00867. The van der Waals surface area contributed by atoms with Crippen molar-refractivity contribution < 1.29 is 54.1 Å². The summed E-state index contributed by atoms with van der Waals surface area (Å²) in [6.45, 7) is 0. The second-order valence-electron chi connectivity index (χ2n) is 6.52. The van der Waals surface area contributed by atoms with Gasteiger partial charge in [-0.25, -0.2) is 14.4 Å². The zero-order chi connectivity index (χ0) is 27.0. The summed E-state index contributed by atoms with van der Waals surface area (Å²) in [6.07, 6.45) is 8.70. The number of aromatic nitrogens is 3. The molecule has 0 fully saturated rings. The molecule has 4 rings (SSSR count). The fraction of sp³-hybridized carbons (Fsp3) is 0. The van der Waals surface area contributed by atoms with Crippen LogP contribution in [0.25, 0.3) is 0 Å². The van der Waals surface area contributed by atoms with Crippen molar-refractivity contribution in [2.75, 3.05) is 0 Å². The van der Waals surface area contributed by atoms with Gasteiger partial charge in [0.2, 0.25) is 0 Å². The molecule has 0 saturated carbocycles. The maximum atomic E-state index is 12.4. The fourth-order valence-corrected chi connectivity index (χ4v) is 2.68. The second kappa shape index (κ2) is 17.2. The number of hydrogen-bond acceptors (Lipinski definition) is 9. The summed E-state index contributed by atoms with van der Waals surface area (Å²) < 4.78 is 16.2. The molecule has 198 valence electrons. The quantitative estimate of drug-likeness (QED) is 0.111. The number of esters is 3. The average Bonchev–Trinajstić information content (AvgIpc) is 2.96. The van der Waals surface area contributed by atoms with Crippen LogP contribution in [0.1, 0.15) is 31.1 Å². The third-order valence-corrected chi connectivity index (χ3v) is 4.23. The van der Waals surface area contributed by atoms with Gasteiger partial charge in [0.05, 0.1) is 16.7 Å². The van der Waals surface area contributed by atoms with Crippen LogP contribution in [0.2, 0.25) is 0 Å². The standard InChI is InChI=1S/C24H15N3O6.2Cu.2HI/c28-22(16-1-7-25-8-2-16)31-19-13-20(32-23(29)17-3-9-26-10-4-17)15-21(14-19)33-24(30)18-5-11-27-12-6-18;;;;/h1-15H;;;2*1H/q;2*+1;;/p-2. The van der Waals surface area contributed by atoms with E-state index in [1.807, 2.05) is 0 Å². The van der Waals surface area contributed by atoms with Crippen molar-refractivity contribution in [3.8, 4) is 17.2 Å². The van der Waals surface area contributed by atoms with Gasteiger partial charge in [0.15, 0.2) is 0 Å². The Labute approximate surface area is 251 Å². The summed E-state index contributed by atoms with van der Waals surface area (Å²) in [4.78, 5) is 48.9. The molecule has 0 aliphatic heterocycles. The number of carbonyl (C=O) groups is 3. The summed E-state index contributed by atoms with van der Waals surface area (Å²) in [5.41, 5.74) is 0.790. The molecule has 0 aliphatic carbocycles. The van der Waals surface area contributed by atoms with Gasteiger partial charge in [0.1, 0.15) is 17.2 Å². The molecule has 13 heteroatoms. The first-order valence-electron chi connectivity index (χ1n) is 9.83. The van der Waals surface area contributed by atoms with E-state index >= 15 is 0 Å². The van der Waals surface area contributed by atoms with E-state index < -0.39 is 17.9 Å². The summed E-state index contributed by atoms with van der Waals surface area (Å²) in [7, 11) is 0. The van der Waals surface area contributed by atoms with Crippen LogP contribution in [0.4, 0.5) is 0 Å². The number of ether oxygens (including phenoxy) is 3. The number of carbonyl (C=O) groups excluding carboxylic acids is 3. The summed E-state index contributed by atoms with van der Waals surface area (Å²) in [5, 5.41) is 0. The Morgan fingerprint density at radius 2 is 0.703 bits per heavy atom. The van der Waals surface area contributed by atoms with Crippen molar-refractivity contribution in [3.63, 3.8) is 0 Å². The van der Waals surface area contributed by atoms with Crippen molar-refractivity contribution in [3.05, 3.63) is 108 Å². The molecule has 0 atom stereocenters. The van der Waals surface area contributed by atoms with Gasteiger partial charge >= 0.3 is 84.1 Å². The third kappa shape index (κ3) is 10.1. The molecule has 0 radical (unpaired) electrons. The van der Waals surface area contributed by atoms with E-state index in [-0.39, 0.29) is 33.9 Å². The molecule has 4 aromatic rings. The predicted molar refractivity (Wildman–Crippen MR) is 142 cm³/mol. The molecule has 0 unspecified atom stereocenters. The van der Waals surface area contributed by atoms with E-state index in [9.17, 15) is 14.4 Å². The van der Waals surface area contributed by atoms with Crippen LogP contribution in [0.5, 0.6) is 17.2 Å². The van der Waals surface area contributed by atoms with Gasteiger partial charge in [-0.1, -0.05) is 0 Å². The van der Waals surface area contributed by atoms with Crippen molar-refractivity contribution in [2.24, 2.45) is 0 Å². The zero-order valence-electron chi connectivity index (χ0n) is 18.3. The molecule has 9 nitrogen and oxygen atoms in total. The van der Waals surface area contributed by atoms with E-state index in [4.69, 9.17) is 14.2 Å². The number of halogens is 2. The molecule has 0 spiro atoms. The molecule has 37 heavy (non-hydrogen) atoms. The van der Waals surface area contributed by atoms with Crippen LogP contribution in [0.3, 0.4) is 0 Å². The first-order valence-corrected chi connectivity index (χ1v) is 15.9. The molecular formula is C24H15Cu2I2N3O6. The summed E-state index contributed by atoms with van der Waals surface area (Å²) >= 11 is 11.7. The zero-order valence-corrected chi connectivity index (χ0v) is 24.5. The van der Waals surface area contributed by atoms with Crippen LogP contribution in [0.15, 0.2) is 91.8 Å². The Hall–Kier alpha value is -2.42. The minimum atomic E-state index is -0.665. The predicted octanol–water partition coefficient (Wildman–Crippen LogP) is 5.30. The van der Waals surface area contributed by atoms with E-state index in [0.29, 0.717) is 0 Å². The van der Waals surface area contributed by atoms with E-state index in [1.54, 1.807) is 40.7 Å². The normalized spacial score (nSPS) is 9.46. The summed E-state index contributed by atoms with van der Waals surface area (Å²) in [6, 6.07) is 12.9. The van der Waals surface area contributed by atoms with Crippen molar-refractivity contribution >= 4 is 58.6 Å². The van der Waals surface area contributed by atoms with E-state index in [0.717, 1.165) is 0 Å². The fourth-order valence-electron chi connectivity index (χ4n) is 2.68. The van der Waals surface area contributed by atoms with Gasteiger partial charge in [0, 0.05) is 55.4 Å². The maximum absolute atomic E-state index is 12.4. The van der Waals surface area contributed by atoms with Crippen LogP contribution < -0.4 is 14.2 Å². The Kier molecular flexibility index (Phi) is 14.3. The molecule has 3 heterocycles. The van der Waals surface area contributed by atoms with Crippen LogP contribution in [-0.2, 0) is 25.5 Å². The number of pyridine rings is 3. The second-order valence-corrected chi connectivity index (χ2v) is 6.52. The van der Waals surface area contributed by atoms with Crippen molar-refractivity contribution in [1.29, 1.82) is 0 Å². The molecule has 1 aromatic carbocycles. The topological polar surface area (TPSA) is 118 Å². The first kappa shape index (κ1) is 30.8. The third-order valence-electron chi connectivity index (χ3n) is 4.23. The Morgan fingerprint density at radius 3 is 0.919 bits per heavy atom. The van der Waals surface area contributed by atoms with Gasteiger partial charge in [-0.05, 0) is 36.4 Å². The molecule has 0 N–H and O–H groups in total. The molecule has 0 aliphatic rings. The molecule has 3 aromatic heterocycles. The average molecular weight is 822 g/mol. The molecular weight excluding hydrogens is 807 g/mol. The van der Waals surface area contributed by atoms with Gasteiger partial charge in [-0.2, -0.15) is 0 Å². The number of nitrogens with zero attached hydrogens (tertiary/aromatic N) is 3. The van der Waals surface area contributed by atoms with Crippen LogP contribution >= 0.6 is 40.7 Å². The number of rotatable bonds is 6. The monoisotopic (exact) mass is 821 g/mol. The van der Waals surface area contributed by atoms with Gasteiger partial charge < -0.3 is 14.2 Å².